The maximum atomic E-state index is 9.93. The van der Waals surface area contributed by atoms with E-state index in [2.05, 4.69) is 21.9 Å². The Morgan fingerprint density at radius 1 is 1.70 bits per heavy atom. The number of carbonyl (C=O) groups is 1. The molecule has 0 saturated carbocycles. The van der Waals surface area contributed by atoms with Gasteiger partial charge in [0, 0.05) is 0 Å². The molecule has 0 atom stereocenters. The van der Waals surface area contributed by atoms with Crippen molar-refractivity contribution < 1.29 is 39.5 Å². The van der Waals surface area contributed by atoms with E-state index >= 15 is 0 Å². The quantitative estimate of drug-likeness (QED) is 0.340. The van der Waals surface area contributed by atoms with Crippen molar-refractivity contribution in [3.63, 3.8) is 0 Å². The zero-order valence-electron chi connectivity index (χ0n) is 5.35. The van der Waals surface area contributed by atoms with Crippen molar-refractivity contribution in [2.24, 2.45) is 0 Å². The summed E-state index contributed by atoms with van der Waals surface area (Å²) < 4.78 is 1.00. The van der Waals surface area contributed by atoms with E-state index in [-0.39, 0.29) is 36.1 Å². The topological polar surface area (TPSA) is 80.9 Å². The number of carboxylic acids is 1. The van der Waals surface area contributed by atoms with Gasteiger partial charge in [-0.2, -0.15) is 0 Å². The van der Waals surface area contributed by atoms with Gasteiger partial charge in [-0.25, -0.2) is 6.33 Å². The molecule has 0 fully saturated rings. The SMILES string of the molecule is O=C(O)Cn1[c-]nnn1.[Na+]. The van der Waals surface area contributed by atoms with Crippen molar-refractivity contribution >= 4 is 5.97 Å². The fourth-order valence-corrected chi connectivity index (χ4v) is 0.355. The Balaban J connectivity index is 0.000000810. The van der Waals surface area contributed by atoms with Crippen molar-refractivity contribution in [3.05, 3.63) is 6.33 Å². The van der Waals surface area contributed by atoms with Gasteiger partial charge in [0.05, 0.1) is 0 Å². The van der Waals surface area contributed by atoms with Crippen LogP contribution in [0.5, 0.6) is 0 Å². The maximum Gasteiger partial charge on any atom is 1.00 e. The van der Waals surface area contributed by atoms with Crippen LogP contribution >= 0.6 is 0 Å². The van der Waals surface area contributed by atoms with E-state index in [1.165, 1.54) is 0 Å². The Kier molecular flexibility index (Phi) is 4.17. The third kappa shape index (κ3) is 2.90. The molecule has 7 heteroatoms. The Hall–Kier alpha value is -0.460. The van der Waals surface area contributed by atoms with Gasteiger partial charge in [-0.1, -0.05) is 10.4 Å². The van der Waals surface area contributed by atoms with E-state index < -0.39 is 5.97 Å². The molecule has 0 radical (unpaired) electrons. The molecule has 0 saturated heterocycles. The molecule has 0 aromatic carbocycles. The average molecular weight is 150 g/mol. The summed E-state index contributed by atoms with van der Waals surface area (Å²) >= 11 is 0. The summed E-state index contributed by atoms with van der Waals surface area (Å²) in [6.45, 7) is -0.243. The van der Waals surface area contributed by atoms with E-state index in [1.807, 2.05) is 0 Å². The van der Waals surface area contributed by atoms with Gasteiger partial charge >= 0.3 is 35.5 Å². The standard InChI is InChI=1S/C3H3N4O2.Na/c8-3(9)1-7-2-4-5-6-7;/h1H2,(H,8,9);/q-1;+1. The smallest absolute Gasteiger partial charge is 0.480 e. The molecule has 6 nitrogen and oxygen atoms in total. The number of aliphatic carboxylic acids is 1. The molecule has 48 valence electrons. The number of rotatable bonds is 2. The first-order valence-corrected chi connectivity index (χ1v) is 2.14. The Bertz CT molecular complexity index is 198. The van der Waals surface area contributed by atoms with Crippen molar-refractivity contribution in [1.29, 1.82) is 0 Å². The predicted molar refractivity (Wildman–Crippen MR) is 24.3 cm³/mol. The maximum absolute atomic E-state index is 9.93. The Morgan fingerprint density at radius 2 is 2.40 bits per heavy atom. The molecule has 0 unspecified atom stereocenters. The minimum Gasteiger partial charge on any atom is -0.480 e. The minimum absolute atomic E-state index is 0. The van der Waals surface area contributed by atoms with Crippen molar-refractivity contribution in [2.45, 2.75) is 6.54 Å². The van der Waals surface area contributed by atoms with Crippen molar-refractivity contribution in [3.8, 4) is 0 Å². The van der Waals surface area contributed by atoms with Gasteiger partial charge < -0.3 is 14.9 Å². The molecule has 1 aromatic rings. The molecule has 0 aliphatic heterocycles. The second-order valence-corrected chi connectivity index (χ2v) is 1.33. The Morgan fingerprint density at radius 3 is 2.80 bits per heavy atom. The van der Waals surface area contributed by atoms with E-state index in [9.17, 15) is 4.79 Å². The molecule has 0 aliphatic carbocycles. The normalized spacial score (nSPS) is 8.40. The summed E-state index contributed by atoms with van der Waals surface area (Å²) in [7, 11) is 0. The number of nitrogens with zero attached hydrogens (tertiary/aromatic N) is 4. The first kappa shape index (κ1) is 9.54. The van der Waals surface area contributed by atoms with Gasteiger partial charge in [-0.15, -0.1) is 0 Å². The van der Waals surface area contributed by atoms with Crippen LogP contribution < -0.4 is 29.6 Å². The predicted octanol–water partition coefficient (Wildman–Crippen LogP) is -4.44. The van der Waals surface area contributed by atoms with Crippen LogP contribution in [-0.2, 0) is 11.3 Å². The zero-order chi connectivity index (χ0) is 6.69. The summed E-state index contributed by atoms with van der Waals surface area (Å²) in [5.74, 6) is -0.987. The van der Waals surface area contributed by atoms with Crippen LogP contribution in [0.1, 0.15) is 0 Å². The summed E-state index contributed by atoms with van der Waals surface area (Å²) in [5, 5.41) is 17.7. The van der Waals surface area contributed by atoms with Crippen LogP contribution in [0, 0.1) is 6.33 Å². The van der Waals surface area contributed by atoms with Gasteiger partial charge in [-0.3, -0.25) is 4.79 Å². The molecule has 0 amide bonds. The zero-order valence-corrected chi connectivity index (χ0v) is 7.35. The van der Waals surface area contributed by atoms with Gasteiger partial charge in [-0.05, 0) is 0 Å². The molecule has 0 spiro atoms. The molecule has 0 aliphatic rings. The fourth-order valence-electron chi connectivity index (χ4n) is 0.355. The van der Waals surface area contributed by atoms with E-state index in [0.29, 0.717) is 0 Å². The second kappa shape index (κ2) is 4.37. The van der Waals surface area contributed by atoms with Gasteiger partial charge in [0.2, 0.25) is 0 Å². The van der Waals surface area contributed by atoms with Crippen LogP contribution in [0.2, 0.25) is 0 Å². The van der Waals surface area contributed by atoms with Crippen LogP contribution in [0.3, 0.4) is 0 Å². The third-order valence-electron chi connectivity index (χ3n) is 0.638. The molecule has 0 bridgehead atoms. The third-order valence-corrected chi connectivity index (χ3v) is 0.638. The van der Waals surface area contributed by atoms with Crippen LogP contribution in [0.4, 0.5) is 0 Å². The molecular formula is C3H3N4NaO2. The molecule has 10 heavy (non-hydrogen) atoms. The van der Waals surface area contributed by atoms with E-state index in [4.69, 9.17) is 5.11 Å². The largest absolute Gasteiger partial charge is 1.00 e. The van der Waals surface area contributed by atoms with Crippen LogP contribution in [0.15, 0.2) is 0 Å². The van der Waals surface area contributed by atoms with Gasteiger partial charge in [0.25, 0.3) is 0 Å². The van der Waals surface area contributed by atoms with Crippen molar-refractivity contribution in [1.82, 2.24) is 20.2 Å². The number of hydrogen-bond donors (Lipinski definition) is 1. The number of tetrazole rings is 1. The average Bonchev–Trinajstić information content (AvgIpc) is 2.15. The van der Waals surface area contributed by atoms with Gasteiger partial charge in [0.15, 0.2) is 0 Å². The second-order valence-electron chi connectivity index (χ2n) is 1.33. The molecule has 1 aromatic heterocycles. The summed E-state index contributed by atoms with van der Waals surface area (Å²) in [6.07, 6.45) is 2.23. The Labute approximate surface area is 78.5 Å². The van der Waals surface area contributed by atoms with Gasteiger partial charge in [0.1, 0.15) is 6.54 Å². The minimum atomic E-state index is -0.987. The summed E-state index contributed by atoms with van der Waals surface area (Å²) in [6, 6.07) is 0. The van der Waals surface area contributed by atoms with E-state index in [0.717, 1.165) is 4.68 Å². The number of hydrogen-bond acceptors (Lipinski definition) is 4. The first-order valence-electron chi connectivity index (χ1n) is 2.14. The fraction of sp³-hybridized carbons (Fsp3) is 0.333. The van der Waals surface area contributed by atoms with Crippen LogP contribution in [-0.4, -0.2) is 31.3 Å². The molecular weight excluding hydrogens is 147 g/mol. The molecule has 1 rings (SSSR count). The van der Waals surface area contributed by atoms with Crippen LogP contribution in [0.25, 0.3) is 0 Å². The number of aromatic nitrogens is 4. The monoisotopic (exact) mass is 150 g/mol. The first-order chi connectivity index (χ1) is 4.29. The summed E-state index contributed by atoms with van der Waals surface area (Å²) in [5.41, 5.74) is 0. The van der Waals surface area contributed by atoms with E-state index in [1.54, 1.807) is 0 Å². The molecule has 1 N–H and O–H groups in total. The number of carboxylic acid groups (broad SMARTS) is 1. The molecule has 1 heterocycles. The van der Waals surface area contributed by atoms with Crippen molar-refractivity contribution in [2.75, 3.05) is 0 Å². The summed E-state index contributed by atoms with van der Waals surface area (Å²) in [4.78, 5) is 9.93.